The van der Waals surface area contributed by atoms with E-state index in [2.05, 4.69) is 0 Å². The van der Waals surface area contributed by atoms with Crippen molar-refractivity contribution in [3.63, 3.8) is 0 Å². The van der Waals surface area contributed by atoms with Gasteiger partial charge in [0.1, 0.15) is 5.75 Å². The lowest BCUT2D eigenvalue weighted by Gasteiger charge is -2.32. The van der Waals surface area contributed by atoms with E-state index in [9.17, 15) is 9.36 Å². The number of hydrogen-bond acceptors (Lipinski definition) is 4. The SMILES string of the molecule is CCOC(=O)[C@H](C)C[P@@](=O)(Oc1ccccc1)C(C)(C)C. The molecule has 0 saturated carbocycles. The van der Waals surface area contributed by atoms with Crippen LogP contribution in [0.25, 0.3) is 0 Å². The molecule has 1 rings (SSSR count). The lowest BCUT2D eigenvalue weighted by molar-refractivity contribution is -0.146. The van der Waals surface area contributed by atoms with Gasteiger partial charge in [-0.25, -0.2) is 0 Å². The minimum Gasteiger partial charge on any atom is -0.466 e. The third-order valence-corrected chi connectivity index (χ3v) is 6.80. The molecule has 0 heterocycles. The third kappa shape index (κ3) is 4.89. The third-order valence-electron chi connectivity index (χ3n) is 3.22. The van der Waals surface area contributed by atoms with E-state index in [0.29, 0.717) is 12.4 Å². The fourth-order valence-electron chi connectivity index (χ4n) is 1.82. The molecule has 0 fully saturated rings. The van der Waals surface area contributed by atoms with E-state index in [1.165, 1.54) is 0 Å². The molecule has 2 atom stereocenters. The van der Waals surface area contributed by atoms with Gasteiger partial charge in [0.05, 0.1) is 12.5 Å². The van der Waals surface area contributed by atoms with Crippen LogP contribution in [0, 0.1) is 5.92 Å². The van der Waals surface area contributed by atoms with Gasteiger partial charge in [0, 0.05) is 11.3 Å². The summed E-state index contributed by atoms with van der Waals surface area (Å²) in [5.41, 5.74) is 0. The van der Waals surface area contributed by atoms with Crippen molar-refractivity contribution in [2.45, 2.75) is 39.8 Å². The second-order valence-electron chi connectivity index (χ2n) is 6.08. The number of esters is 1. The topological polar surface area (TPSA) is 52.6 Å². The molecular weight excluding hydrogens is 287 g/mol. The van der Waals surface area contributed by atoms with E-state index in [4.69, 9.17) is 9.26 Å². The largest absolute Gasteiger partial charge is 0.466 e. The second-order valence-corrected chi connectivity index (χ2v) is 9.32. The molecule has 0 radical (unpaired) electrons. The standard InChI is InChI=1S/C16H25O4P/c1-6-19-15(17)13(2)12-21(18,16(3,4)5)20-14-10-8-7-9-11-14/h7-11,13H,6,12H2,1-5H3/t13-,21-/m1/s1. The van der Waals surface area contributed by atoms with Crippen LogP contribution in [0.2, 0.25) is 0 Å². The molecule has 0 amide bonds. The lowest BCUT2D eigenvalue weighted by Crippen LogP contribution is -2.27. The van der Waals surface area contributed by atoms with Gasteiger partial charge in [0.15, 0.2) is 0 Å². The van der Waals surface area contributed by atoms with Crippen molar-refractivity contribution in [1.29, 1.82) is 0 Å². The normalized spacial score (nSPS) is 15.9. The molecule has 21 heavy (non-hydrogen) atoms. The van der Waals surface area contributed by atoms with Gasteiger partial charge >= 0.3 is 5.97 Å². The molecule has 1 aromatic rings. The molecule has 0 aliphatic heterocycles. The lowest BCUT2D eigenvalue weighted by atomic mass is 10.2. The van der Waals surface area contributed by atoms with E-state index >= 15 is 0 Å². The smallest absolute Gasteiger partial charge is 0.309 e. The number of hydrogen-bond donors (Lipinski definition) is 0. The van der Waals surface area contributed by atoms with Crippen LogP contribution in [-0.4, -0.2) is 23.9 Å². The first-order valence-electron chi connectivity index (χ1n) is 7.20. The molecule has 0 spiro atoms. The highest BCUT2D eigenvalue weighted by Crippen LogP contribution is 2.59. The molecular formula is C16H25O4P. The van der Waals surface area contributed by atoms with Gasteiger partial charge in [-0.1, -0.05) is 45.9 Å². The van der Waals surface area contributed by atoms with Crippen LogP contribution in [0.15, 0.2) is 30.3 Å². The quantitative estimate of drug-likeness (QED) is 0.579. The molecule has 1 aromatic carbocycles. The number of carbonyl (C=O) groups is 1. The fourth-order valence-corrected chi connectivity index (χ4v) is 4.05. The van der Waals surface area contributed by atoms with Crippen LogP contribution in [-0.2, 0) is 14.1 Å². The Morgan fingerprint density at radius 1 is 1.24 bits per heavy atom. The molecule has 0 N–H and O–H groups in total. The van der Waals surface area contributed by atoms with Crippen molar-refractivity contribution in [3.8, 4) is 5.75 Å². The molecule has 0 aromatic heterocycles. The van der Waals surface area contributed by atoms with Crippen molar-refractivity contribution < 1.29 is 18.6 Å². The summed E-state index contributed by atoms with van der Waals surface area (Å²) < 4.78 is 24.1. The second kappa shape index (κ2) is 7.13. The highest BCUT2D eigenvalue weighted by Gasteiger charge is 2.41. The zero-order valence-corrected chi connectivity index (χ0v) is 14.4. The maximum atomic E-state index is 13.3. The monoisotopic (exact) mass is 312 g/mol. The van der Waals surface area contributed by atoms with Gasteiger partial charge in [-0.15, -0.1) is 0 Å². The Hall–Kier alpha value is -1.28. The Morgan fingerprint density at radius 3 is 2.29 bits per heavy atom. The molecule has 0 unspecified atom stereocenters. The molecule has 0 saturated heterocycles. The Labute approximate surface area is 127 Å². The number of para-hydroxylation sites is 1. The zero-order chi connectivity index (χ0) is 16.1. The van der Waals surface area contributed by atoms with Crippen molar-refractivity contribution >= 4 is 13.3 Å². The summed E-state index contributed by atoms with van der Waals surface area (Å²) in [6.45, 7) is 9.42. The fraction of sp³-hybridized carbons (Fsp3) is 0.562. The Balaban J connectivity index is 2.95. The first kappa shape index (κ1) is 17.8. The van der Waals surface area contributed by atoms with Crippen LogP contribution in [0.3, 0.4) is 0 Å². The maximum Gasteiger partial charge on any atom is 0.309 e. The van der Waals surface area contributed by atoms with Crippen LogP contribution in [0.4, 0.5) is 0 Å². The van der Waals surface area contributed by atoms with E-state index in [0.717, 1.165) is 0 Å². The molecule has 0 bridgehead atoms. The molecule has 0 aliphatic rings. The van der Waals surface area contributed by atoms with Crippen LogP contribution < -0.4 is 4.52 Å². The summed E-state index contributed by atoms with van der Waals surface area (Å²) in [5.74, 6) is -0.232. The molecule has 0 aliphatic carbocycles. The summed E-state index contributed by atoms with van der Waals surface area (Å²) >= 11 is 0. The van der Waals surface area contributed by atoms with Gasteiger partial charge in [-0.05, 0) is 19.1 Å². The van der Waals surface area contributed by atoms with Crippen LogP contribution in [0.5, 0.6) is 5.75 Å². The average molecular weight is 312 g/mol. The van der Waals surface area contributed by atoms with E-state index in [1.807, 2.05) is 39.0 Å². The summed E-state index contributed by atoms with van der Waals surface area (Å²) in [6, 6.07) is 9.07. The minimum absolute atomic E-state index is 0.171. The van der Waals surface area contributed by atoms with Gasteiger partial charge in [-0.2, -0.15) is 0 Å². The summed E-state index contributed by atoms with van der Waals surface area (Å²) in [4.78, 5) is 11.8. The Bertz CT molecular complexity index is 505. The first-order chi connectivity index (χ1) is 9.69. The van der Waals surface area contributed by atoms with E-state index in [-0.39, 0.29) is 12.1 Å². The van der Waals surface area contributed by atoms with Gasteiger partial charge in [0.25, 0.3) is 7.37 Å². The van der Waals surface area contributed by atoms with Crippen molar-refractivity contribution in [2.75, 3.05) is 12.8 Å². The maximum absolute atomic E-state index is 13.3. The van der Waals surface area contributed by atoms with Crippen LogP contribution >= 0.6 is 7.37 Å². The number of rotatable bonds is 6. The number of ether oxygens (including phenoxy) is 1. The first-order valence-corrected chi connectivity index (χ1v) is 9.01. The van der Waals surface area contributed by atoms with Crippen molar-refractivity contribution in [1.82, 2.24) is 0 Å². The van der Waals surface area contributed by atoms with Gasteiger partial charge in [0.2, 0.25) is 0 Å². The predicted molar refractivity (Wildman–Crippen MR) is 85.1 cm³/mol. The molecule has 118 valence electrons. The van der Waals surface area contributed by atoms with Gasteiger partial charge < -0.3 is 9.26 Å². The molecule has 4 nitrogen and oxygen atoms in total. The minimum atomic E-state index is -3.06. The summed E-state index contributed by atoms with van der Waals surface area (Å²) in [7, 11) is -3.06. The van der Waals surface area contributed by atoms with Gasteiger partial charge in [-0.3, -0.25) is 9.36 Å². The highest BCUT2D eigenvalue weighted by molar-refractivity contribution is 7.61. The van der Waals surface area contributed by atoms with E-state index < -0.39 is 18.4 Å². The van der Waals surface area contributed by atoms with Crippen molar-refractivity contribution in [3.05, 3.63) is 30.3 Å². The average Bonchev–Trinajstić information content (AvgIpc) is 2.38. The highest BCUT2D eigenvalue weighted by atomic mass is 31.2. The predicted octanol–water partition coefficient (Wildman–Crippen LogP) is 4.34. The summed E-state index contributed by atoms with van der Waals surface area (Å²) in [6.07, 6.45) is 0.171. The Kier molecular flexibility index (Phi) is 6.03. The zero-order valence-electron chi connectivity index (χ0n) is 13.5. The van der Waals surface area contributed by atoms with E-state index in [1.54, 1.807) is 26.0 Å². The van der Waals surface area contributed by atoms with Crippen molar-refractivity contribution in [2.24, 2.45) is 5.92 Å². The Morgan fingerprint density at radius 2 is 1.81 bits per heavy atom. The number of benzene rings is 1. The van der Waals surface area contributed by atoms with Crippen LogP contribution in [0.1, 0.15) is 34.6 Å². The summed E-state index contributed by atoms with van der Waals surface area (Å²) in [5, 5.41) is -0.552. The number of carbonyl (C=O) groups excluding carboxylic acids is 1. The molecule has 5 heteroatoms.